The molecule has 0 unspecified atom stereocenters. The molecular formula is C31H33N3O5. The molecule has 0 aliphatic carbocycles. The largest absolute Gasteiger partial charge is 0.493 e. The highest BCUT2D eigenvalue weighted by molar-refractivity contribution is 5.92. The number of hydrogen-bond donors (Lipinski definition) is 1. The number of nitrogens with zero attached hydrogens (tertiary/aromatic N) is 2. The predicted octanol–water partition coefficient (Wildman–Crippen LogP) is 6.44. The highest BCUT2D eigenvalue weighted by Gasteiger charge is 2.25. The van der Waals surface area contributed by atoms with Gasteiger partial charge < -0.3 is 19.5 Å². The van der Waals surface area contributed by atoms with E-state index in [9.17, 15) is 9.59 Å². The van der Waals surface area contributed by atoms with Crippen molar-refractivity contribution < 1.29 is 23.8 Å². The van der Waals surface area contributed by atoms with Crippen LogP contribution in [0.15, 0.2) is 66.7 Å². The fourth-order valence-electron chi connectivity index (χ4n) is 4.32. The summed E-state index contributed by atoms with van der Waals surface area (Å²) in [4.78, 5) is 24.6. The molecular weight excluding hydrogens is 494 g/mol. The lowest BCUT2D eigenvalue weighted by atomic mass is 10.0. The third-order valence-corrected chi connectivity index (χ3v) is 6.04. The molecule has 39 heavy (non-hydrogen) atoms. The fraction of sp³-hybridized carbons (Fsp3) is 0.258. The van der Waals surface area contributed by atoms with E-state index < -0.39 is 5.97 Å². The smallest absolute Gasteiger partial charge is 0.309 e. The van der Waals surface area contributed by atoms with Crippen LogP contribution in [0, 0.1) is 12.8 Å². The van der Waals surface area contributed by atoms with E-state index in [0.29, 0.717) is 34.9 Å². The summed E-state index contributed by atoms with van der Waals surface area (Å²) < 4.78 is 18.4. The highest BCUT2D eigenvalue weighted by atomic mass is 16.5. The number of amides is 1. The third kappa shape index (κ3) is 6.29. The van der Waals surface area contributed by atoms with Crippen molar-refractivity contribution in [3.05, 3.63) is 72.3 Å². The molecule has 0 fully saturated rings. The average Bonchev–Trinajstić information content (AvgIpc) is 3.26. The van der Waals surface area contributed by atoms with Crippen molar-refractivity contribution in [2.45, 2.75) is 34.1 Å². The molecule has 0 spiro atoms. The summed E-state index contributed by atoms with van der Waals surface area (Å²) in [5.74, 6) is 1.16. The molecule has 8 heteroatoms. The normalized spacial score (nSPS) is 10.8. The van der Waals surface area contributed by atoms with Crippen molar-refractivity contribution in [3.63, 3.8) is 0 Å². The van der Waals surface area contributed by atoms with E-state index in [4.69, 9.17) is 19.3 Å². The number of rotatable bonds is 9. The number of anilines is 1. The van der Waals surface area contributed by atoms with Crippen LogP contribution < -0.4 is 19.5 Å². The van der Waals surface area contributed by atoms with Gasteiger partial charge in [-0.15, -0.1) is 0 Å². The van der Waals surface area contributed by atoms with Gasteiger partial charge in [-0.2, -0.15) is 9.78 Å². The summed E-state index contributed by atoms with van der Waals surface area (Å²) in [6.45, 7) is 7.35. The second-order valence-electron chi connectivity index (χ2n) is 9.67. The molecule has 1 N–H and O–H groups in total. The number of esters is 1. The Morgan fingerprint density at radius 1 is 0.923 bits per heavy atom. The molecule has 3 aromatic carbocycles. The Morgan fingerprint density at radius 2 is 1.62 bits per heavy atom. The first kappa shape index (κ1) is 27.4. The first-order valence-electron chi connectivity index (χ1n) is 12.7. The molecule has 0 saturated carbocycles. The number of nitrogens with one attached hydrogen (secondary N) is 1. The second-order valence-corrected chi connectivity index (χ2v) is 9.67. The quantitative estimate of drug-likeness (QED) is 0.252. The van der Waals surface area contributed by atoms with Crippen LogP contribution in [-0.4, -0.2) is 35.9 Å². The van der Waals surface area contributed by atoms with Crippen LogP contribution in [0.3, 0.4) is 0 Å². The Balaban J connectivity index is 1.91. The van der Waals surface area contributed by atoms with Gasteiger partial charge in [0.05, 0.1) is 25.5 Å². The highest BCUT2D eigenvalue weighted by Crippen LogP contribution is 2.43. The van der Waals surface area contributed by atoms with Gasteiger partial charge in [0, 0.05) is 24.6 Å². The number of aromatic nitrogens is 2. The summed E-state index contributed by atoms with van der Waals surface area (Å²) in [6.07, 6.45) is 0.436. The molecule has 0 aliphatic heterocycles. The number of carbonyl (C=O) groups excluding carboxylic acids is 2. The van der Waals surface area contributed by atoms with Crippen molar-refractivity contribution >= 4 is 17.6 Å². The van der Waals surface area contributed by atoms with E-state index in [-0.39, 0.29) is 17.7 Å². The third-order valence-electron chi connectivity index (χ3n) is 6.04. The molecule has 0 bridgehead atoms. The zero-order chi connectivity index (χ0) is 28.1. The van der Waals surface area contributed by atoms with Crippen molar-refractivity contribution in [1.82, 2.24) is 9.78 Å². The van der Waals surface area contributed by atoms with Gasteiger partial charge in [0.2, 0.25) is 11.8 Å². The van der Waals surface area contributed by atoms with E-state index in [2.05, 4.69) is 5.32 Å². The molecule has 4 rings (SSSR count). The lowest BCUT2D eigenvalue weighted by molar-refractivity contribution is -0.132. The molecule has 0 atom stereocenters. The van der Waals surface area contributed by atoms with Crippen LogP contribution >= 0.6 is 0 Å². The Labute approximate surface area is 228 Å². The number of benzene rings is 3. The molecule has 1 amide bonds. The van der Waals surface area contributed by atoms with E-state index in [1.807, 2.05) is 87.5 Å². The van der Waals surface area contributed by atoms with Gasteiger partial charge in [0.15, 0.2) is 11.5 Å². The van der Waals surface area contributed by atoms with Crippen LogP contribution in [0.2, 0.25) is 0 Å². The Morgan fingerprint density at radius 3 is 2.23 bits per heavy atom. The van der Waals surface area contributed by atoms with Gasteiger partial charge in [-0.25, -0.2) is 0 Å². The number of hydrogen-bond acceptors (Lipinski definition) is 6. The van der Waals surface area contributed by atoms with Gasteiger partial charge in [0.1, 0.15) is 5.69 Å². The lowest BCUT2D eigenvalue weighted by Crippen LogP contribution is -2.13. The summed E-state index contributed by atoms with van der Waals surface area (Å²) in [5.41, 5.74) is 5.18. The lowest BCUT2D eigenvalue weighted by Gasteiger charge is -2.12. The Kier molecular flexibility index (Phi) is 8.34. The summed E-state index contributed by atoms with van der Waals surface area (Å²) in [5, 5.41) is 7.86. The van der Waals surface area contributed by atoms with Crippen molar-refractivity contribution in [2.24, 2.45) is 5.92 Å². The number of ether oxygens (including phenoxy) is 3. The van der Waals surface area contributed by atoms with Gasteiger partial charge in [-0.1, -0.05) is 38.1 Å². The molecule has 0 radical (unpaired) electrons. The maximum atomic E-state index is 12.3. The maximum absolute atomic E-state index is 12.3. The number of methoxy groups -OCH3 is 2. The monoisotopic (exact) mass is 527 g/mol. The number of carbonyl (C=O) groups is 2. The average molecular weight is 528 g/mol. The van der Waals surface area contributed by atoms with E-state index in [1.54, 1.807) is 18.9 Å². The Hall–Kier alpha value is -4.59. The predicted molar refractivity (Wildman–Crippen MR) is 152 cm³/mol. The molecule has 4 aromatic rings. The SMILES string of the molecule is COc1ccc(-c2nn(-c3cccc(C)c3)c(OC(C)=O)c2-c2ccc(NC(=O)CC(C)C)cc2)cc1OC. The minimum atomic E-state index is -0.471. The van der Waals surface area contributed by atoms with Crippen LogP contribution in [0.1, 0.15) is 32.8 Å². The van der Waals surface area contributed by atoms with E-state index >= 15 is 0 Å². The van der Waals surface area contributed by atoms with Gasteiger partial charge in [-0.05, 0) is 66.4 Å². The standard InChI is InChI=1S/C31H33N3O5/c1-19(2)16-28(36)32-24-13-10-22(11-14-24)29-30(23-12-15-26(37-5)27(18-23)38-6)33-34(31(29)39-21(4)35)25-9-7-8-20(3)17-25/h7-15,17-19H,16H2,1-6H3,(H,32,36). The van der Waals surface area contributed by atoms with E-state index in [0.717, 1.165) is 22.4 Å². The zero-order valence-electron chi connectivity index (χ0n) is 23.1. The molecule has 202 valence electrons. The zero-order valence-corrected chi connectivity index (χ0v) is 23.1. The summed E-state index contributed by atoms with van der Waals surface area (Å²) >= 11 is 0. The van der Waals surface area contributed by atoms with Gasteiger partial charge in [0.25, 0.3) is 0 Å². The minimum absolute atomic E-state index is 0.0448. The Bertz CT molecular complexity index is 1490. The van der Waals surface area contributed by atoms with Gasteiger partial charge in [-0.3, -0.25) is 9.59 Å². The van der Waals surface area contributed by atoms with Gasteiger partial charge >= 0.3 is 5.97 Å². The van der Waals surface area contributed by atoms with Crippen LogP contribution in [-0.2, 0) is 9.59 Å². The number of aryl methyl sites for hydroxylation is 1. The van der Waals surface area contributed by atoms with Crippen molar-refractivity contribution in [3.8, 4) is 45.5 Å². The van der Waals surface area contributed by atoms with Crippen molar-refractivity contribution in [1.29, 1.82) is 0 Å². The molecule has 0 saturated heterocycles. The fourth-order valence-corrected chi connectivity index (χ4v) is 4.32. The maximum Gasteiger partial charge on any atom is 0.309 e. The van der Waals surface area contributed by atoms with E-state index in [1.165, 1.54) is 6.92 Å². The molecule has 1 aromatic heterocycles. The molecule has 0 aliphatic rings. The topological polar surface area (TPSA) is 91.7 Å². The summed E-state index contributed by atoms with van der Waals surface area (Å²) in [7, 11) is 3.15. The van der Waals surface area contributed by atoms with Crippen molar-refractivity contribution in [2.75, 3.05) is 19.5 Å². The molecule has 1 heterocycles. The minimum Gasteiger partial charge on any atom is -0.493 e. The van der Waals surface area contributed by atoms with Crippen LogP contribution in [0.4, 0.5) is 5.69 Å². The molecule has 8 nitrogen and oxygen atoms in total. The summed E-state index contributed by atoms with van der Waals surface area (Å²) in [6, 6.07) is 20.7. The first-order valence-corrected chi connectivity index (χ1v) is 12.7. The van der Waals surface area contributed by atoms with Crippen LogP contribution in [0.25, 0.3) is 28.1 Å². The first-order chi connectivity index (χ1) is 18.7. The van der Waals surface area contributed by atoms with Crippen LogP contribution in [0.5, 0.6) is 17.4 Å². The second kappa shape index (κ2) is 11.9.